The maximum absolute atomic E-state index is 12.8. The summed E-state index contributed by atoms with van der Waals surface area (Å²) >= 11 is 2.69. The van der Waals surface area contributed by atoms with Crippen LogP contribution in [0, 0.1) is 6.92 Å². The lowest BCUT2D eigenvalue weighted by Crippen LogP contribution is -2.06. The predicted octanol–water partition coefficient (Wildman–Crippen LogP) is 4.14. The predicted molar refractivity (Wildman–Crippen MR) is 128 cm³/mol. The number of aryl methyl sites for hydroxylation is 3. The third-order valence-corrected chi connectivity index (χ3v) is 9.19. The lowest BCUT2D eigenvalue weighted by atomic mass is 9.90. The third-order valence-electron chi connectivity index (χ3n) is 5.70. The average Bonchev–Trinajstić information content (AvgIpc) is 3.30. The molecular weight excluding hydrogens is 462 g/mol. The molecule has 1 aliphatic rings. The SMILES string of the molecule is Cc1ccc(S(=O)(=O)N=c2nc3sc(CCO)c(-c4ccc5c(c4)CCCC5)n3s2)cc1. The summed E-state index contributed by atoms with van der Waals surface area (Å²) in [6.07, 6.45) is 5.16. The molecule has 2 aromatic heterocycles. The Morgan fingerprint density at radius 1 is 1.09 bits per heavy atom. The van der Waals surface area contributed by atoms with Crippen LogP contribution in [0.2, 0.25) is 0 Å². The Hall–Kier alpha value is -2.33. The minimum absolute atomic E-state index is 0.0469. The van der Waals surface area contributed by atoms with Gasteiger partial charge in [0.15, 0.2) is 0 Å². The van der Waals surface area contributed by atoms with E-state index in [0.717, 1.165) is 34.5 Å². The first-order chi connectivity index (χ1) is 15.4. The van der Waals surface area contributed by atoms with Crippen LogP contribution >= 0.6 is 22.9 Å². The lowest BCUT2D eigenvalue weighted by Gasteiger charge is -2.16. The molecule has 2 aromatic carbocycles. The standard InChI is InChI=1S/C23H23N3O3S3/c1-15-6-10-19(11-7-15)32(28,29)25-22-24-23-26(31-22)21(20(30-23)12-13-27)18-9-8-16-4-2-3-5-17(16)14-18/h6-11,14,27H,2-5,12-13H2,1H3. The molecule has 0 bridgehead atoms. The average molecular weight is 486 g/mol. The van der Waals surface area contributed by atoms with Gasteiger partial charge in [0.05, 0.1) is 10.6 Å². The fourth-order valence-corrected chi connectivity index (χ4v) is 7.42. The van der Waals surface area contributed by atoms with Gasteiger partial charge in [-0.05, 0) is 73.5 Å². The minimum atomic E-state index is -3.84. The van der Waals surface area contributed by atoms with Crippen molar-refractivity contribution in [3.8, 4) is 11.3 Å². The summed E-state index contributed by atoms with van der Waals surface area (Å²) in [5.74, 6) is 0. The minimum Gasteiger partial charge on any atom is -0.396 e. The zero-order chi connectivity index (χ0) is 22.3. The van der Waals surface area contributed by atoms with E-state index in [-0.39, 0.29) is 16.3 Å². The highest BCUT2D eigenvalue weighted by Crippen LogP contribution is 2.35. The number of aliphatic hydroxyl groups is 1. The molecular formula is C23H23N3O3S3. The van der Waals surface area contributed by atoms with E-state index in [2.05, 4.69) is 27.6 Å². The maximum Gasteiger partial charge on any atom is 0.285 e. The molecule has 0 unspecified atom stereocenters. The van der Waals surface area contributed by atoms with E-state index in [1.165, 1.54) is 46.8 Å². The number of sulfonamides is 1. The van der Waals surface area contributed by atoms with E-state index in [0.29, 0.717) is 11.4 Å². The fraction of sp³-hybridized carbons (Fsp3) is 0.304. The molecule has 5 rings (SSSR count). The van der Waals surface area contributed by atoms with Gasteiger partial charge in [-0.3, -0.25) is 0 Å². The summed E-state index contributed by atoms with van der Waals surface area (Å²) in [4.78, 5) is 6.57. The summed E-state index contributed by atoms with van der Waals surface area (Å²) in [5.41, 5.74) is 5.81. The number of benzene rings is 2. The molecule has 4 aromatic rings. The molecule has 0 radical (unpaired) electrons. The van der Waals surface area contributed by atoms with Crippen molar-refractivity contribution in [1.29, 1.82) is 0 Å². The van der Waals surface area contributed by atoms with Crippen molar-refractivity contribution in [2.45, 2.75) is 43.9 Å². The monoisotopic (exact) mass is 485 g/mol. The lowest BCUT2D eigenvalue weighted by molar-refractivity contribution is 0.300. The molecule has 0 spiro atoms. The van der Waals surface area contributed by atoms with Gasteiger partial charge in [0.25, 0.3) is 10.0 Å². The van der Waals surface area contributed by atoms with Crippen molar-refractivity contribution in [3.63, 3.8) is 0 Å². The Labute approximate surface area is 194 Å². The fourth-order valence-electron chi connectivity index (χ4n) is 4.08. The van der Waals surface area contributed by atoms with Crippen LogP contribution in [0.25, 0.3) is 16.2 Å². The van der Waals surface area contributed by atoms with Gasteiger partial charge in [-0.2, -0.15) is 13.4 Å². The Balaban J connectivity index is 1.63. The molecule has 0 saturated carbocycles. The first-order valence-electron chi connectivity index (χ1n) is 10.6. The molecule has 0 aliphatic heterocycles. The number of aliphatic hydroxyl groups excluding tert-OH is 1. The topological polar surface area (TPSA) is 84.0 Å². The second-order valence-electron chi connectivity index (χ2n) is 7.98. The molecule has 2 heterocycles. The largest absolute Gasteiger partial charge is 0.396 e. The van der Waals surface area contributed by atoms with Crippen molar-refractivity contribution in [1.82, 2.24) is 8.77 Å². The van der Waals surface area contributed by atoms with Crippen molar-refractivity contribution in [3.05, 3.63) is 68.8 Å². The van der Waals surface area contributed by atoms with Crippen LogP contribution in [0.3, 0.4) is 0 Å². The highest BCUT2D eigenvalue weighted by atomic mass is 32.2. The molecule has 1 aliphatic carbocycles. The van der Waals surface area contributed by atoms with E-state index in [1.54, 1.807) is 24.3 Å². The van der Waals surface area contributed by atoms with Gasteiger partial charge in [0, 0.05) is 23.5 Å². The van der Waals surface area contributed by atoms with Gasteiger partial charge < -0.3 is 5.11 Å². The summed E-state index contributed by atoms with van der Waals surface area (Å²) in [6.45, 7) is 1.95. The van der Waals surface area contributed by atoms with Crippen molar-refractivity contribution < 1.29 is 13.5 Å². The number of aromatic nitrogens is 2. The molecule has 0 amide bonds. The van der Waals surface area contributed by atoms with E-state index in [4.69, 9.17) is 0 Å². The van der Waals surface area contributed by atoms with Gasteiger partial charge >= 0.3 is 0 Å². The van der Waals surface area contributed by atoms with Gasteiger partial charge in [-0.25, -0.2) is 3.79 Å². The van der Waals surface area contributed by atoms with E-state index < -0.39 is 10.0 Å². The number of fused-ring (bicyclic) bond motifs is 2. The molecule has 166 valence electrons. The van der Waals surface area contributed by atoms with E-state index in [1.807, 2.05) is 10.7 Å². The van der Waals surface area contributed by atoms with Crippen LogP contribution in [-0.4, -0.2) is 28.9 Å². The van der Waals surface area contributed by atoms with Gasteiger partial charge in [-0.1, -0.05) is 41.2 Å². The third kappa shape index (κ3) is 4.05. The highest BCUT2D eigenvalue weighted by molar-refractivity contribution is 7.90. The first-order valence-corrected chi connectivity index (χ1v) is 13.6. The Kier molecular flexibility index (Phi) is 5.75. The van der Waals surface area contributed by atoms with E-state index in [9.17, 15) is 13.5 Å². The molecule has 1 N–H and O–H groups in total. The van der Waals surface area contributed by atoms with Crippen LogP contribution in [0.1, 0.15) is 34.4 Å². The first kappa shape index (κ1) is 21.5. The van der Waals surface area contributed by atoms with Crippen LogP contribution in [-0.2, 0) is 29.3 Å². The van der Waals surface area contributed by atoms with Crippen molar-refractivity contribution >= 4 is 37.9 Å². The molecule has 9 heteroatoms. The van der Waals surface area contributed by atoms with Crippen molar-refractivity contribution in [2.24, 2.45) is 4.40 Å². The van der Waals surface area contributed by atoms with Crippen molar-refractivity contribution in [2.75, 3.05) is 6.61 Å². The zero-order valence-corrected chi connectivity index (χ0v) is 20.1. The van der Waals surface area contributed by atoms with Crippen LogP contribution in [0.15, 0.2) is 51.8 Å². The van der Waals surface area contributed by atoms with Gasteiger partial charge in [0.2, 0.25) is 9.76 Å². The van der Waals surface area contributed by atoms with Crippen LogP contribution < -0.4 is 4.80 Å². The second-order valence-corrected chi connectivity index (χ2v) is 11.6. The highest BCUT2D eigenvalue weighted by Gasteiger charge is 2.20. The number of rotatable bonds is 5. The molecule has 6 nitrogen and oxygen atoms in total. The second kappa shape index (κ2) is 8.55. The van der Waals surface area contributed by atoms with Gasteiger partial charge in [-0.15, -0.1) is 4.40 Å². The summed E-state index contributed by atoms with van der Waals surface area (Å²) in [6, 6.07) is 13.2. The Bertz CT molecular complexity index is 1460. The zero-order valence-electron chi connectivity index (χ0n) is 17.6. The molecule has 0 saturated heterocycles. The molecule has 32 heavy (non-hydrogen) atoms. The summed E-state index contributed by atoms with van der Waals surface area (Å²) in [5, 5.41) is 9.58. The Morgan fingerprint density at radius 2 is 1.84 bits per heavy atom. The van der Waals surface area contributed by atoms with Crippen LogP contribution in [0.5, 0.6) is 0 Å². The smallest absolute Gasteiger partial charge is 0.285 e. The molecule has 0 atom stereocenters. The number of nitrogens with zero attached hydrogens (tertiary/aromatic N) is 3. The summed E-state index contributed by atoms with van der Waals surface area (Å²) in [7, 11) is -3.84. The quantitative estimate of drug-likeness (QED) is 0.461. The van der Waals surface area contributed by atoms with E-state index >= 15 is 0 Å². The maximum atomic E-state index is 12.8. The Morgan fingerprint density at radius 3 is 2.59 bits per heavy atom. The number of thiazole rings is 1. The normalized spacial score (nSPS) is 14.8. The number of hydrogen-bond donors (Lipinski definition) is 1. The van der Waals surface area contributed by atoms with Crippen LogP contribution in [0.4, 0.5) is 0 Å². The van der Waals surface area contributed by atoms with Gasteiger partial charge in [0.1, 0.15) is 0 Å². The molecule has 0 fully saturated rings. The summed E-state index contributed by atoms with van der Waals surface area (Å²) < 4.78 is 31.5. The number of hydrogen-bond acceptors (Lipinski definition) is 6.